The molecule has 1 aliphatic carbocycles. The largest absolute Gasteiger partial charge is 0.376 e. The van der Waals surface area contributed by atoms with E-state index in [1.54, 1.807) is 7.11 Å². The van der Waals surface area contributed by atoms with Crippen LogP contribution in [0.15, 0.2) is 0 Å². The molecule has 0 N–H and O–H groups in total. The minimum atomic E-state index is -0.143. The molecule has 2 rings (SSSR count). The lowest BCUT2D eigenvalue weighted by atomic mass is 10.1. The maximum absolute atomic E-state index is 5.79. The van der Waals surface area contributed by atoms with E-state index in [0.717, 1.165) is 13.2 Å². The van der Waals surface area contributed by atoms with E-state index in [9.17, 15) is 0 Å². The van der Waals surface area contributed by atoms with Gasteiger partial charge in [0, 0.05) is 25.2 Å². The molecular formula is C12H23NO2. The third-order valence-electron chi connectivity index (χ3n) is 3.84. The molecule has 0 amide bonds. The van der Waals surface area contributed by atoms with Gasteiger partial charge in [0.25, 0.3) is 0 Å². The number of ether oxygens (including phenoxy) is 2. The van der Waals surface area contributed by atoms with Crippen LogP contribution in [0.1, 0.15) is 33.6 Å². The van der Waals surface area contributed by atoms with Gasteiger partial charge in [0.15, 0.2) is 0 Å². The number of rotatable bonds is 2. The quantitative estimate of drug-likeness (QED) is 0.696. The zero-order valence-corrected chi connectivity index (χ0v) is 10.4. The van der Waals surface area contributed by atoms with Crippen LogP contribution in [0.2, 0.25) is 0 Å². The minimum Gasteiger partial charge on any atom is -0.376 e. The Balaban J connectivity index is 2.15. The molecule has 3 heteroatoms. The van der Waals surface area contributed by atoms with E-state index in [1.807, 2.05) is 0 Å². The van der Waals surface area contributed by atoms with E-state index in [-0.39, 0.29) is 5.60 Å². The van der Waals surface area contributed by atoms with E-state index < -0.39 is 0 Å². The SMILES string of the molecule is COC1(C)COCC2(CC2)N(C(C)C)C1. The molecule has 1 spiro atoms. The van der Waals surface area contributed by atoms with Crippen LogP contribution in [0.3, 0.4) is 0 Å². The summed E-state index contributed by atoms with van der Waals surface area (Å²) in [5, 5.41) is 0. The highest BCUT2D eigenvalue weighted by Crippen LogP contribution is 2.45. The fourth-order valence-electron chi connectivity index (χ4n) is 2.54. The second-order valence-corrected chi connectivity index (χ2v) is 5.59. The third kappa shape index (κ3) is 2.05. The molecular weight excluding hydrogens is 190 g/mol. The number of nitrogens with zero attached hydrogens (tertiary/aromatic N) is 1. The highest BCUT2D eigenvalue weighted by Gasteiger charge is 2.52. The Morgan fingerprint density at radius 2 is 1.93 bits per heavy atom. The van der Waals surface area contributed by atoms with Crippen molar-refractivity contribution in [3.8, 4) is 0 Å². The summed E-state index contributed by atoms with van der Waals surface area (Å²) in [4.78, 5) is 2.57. The molecule has 0 aromatic carbocycles. The first-order chi connectivity index (χ1) is 7.01. The Hall–Kier alpha value is -0.120. The number of methoxy groups -OCH3 is 1. The average Bonchev–Trinajstić information content (AvgIpc) is 2.96. The minimum absolute atomic E-state index is 0.143. The van der Waals surface area contributed by atoms with E-state index >= 15 is 0 Å². The summed E-state index contributed by atoms with van der Waals surface area (Å²) in [5.41, 5.74) is 0.195. The van der Waals surface area contributed by atoms with Crippen molar-refractivity contribution in [3.05, 3.63) is 0 Å². The molecule has 2 fully saturated rings. The normalized spacial score (nSPS) is 35.8. The summed E-state index contributed by atoms with van der Waals surface area (Å²) in [6.45, 7) is 9.26. The molecule has 1 saturated heterocycles. The average molecular weight is 213 g/mol. The molecule has 0 aromatic rings. The predicted molar refractivity (Wildman–Crippen MR) is 60.0 cm³/mol. The van der Waals surface area contributed by atoms with Gasteiger partial charge in [0.05, 0.1) is 13.2 Å². The van der Waals surface area contributed by atoms with Crippen molar-refractivity contribution in [3.63, 3.8) is 0 Å². The molecule has 1 unspecified atom stereocenters. The molecule has 1 atom stereocenters. The molecule has 1 saturated carbocycles. The van der Waals surface area contributed by atoms with Crippen LogP contribution in [-0.2, 0) is 9.47 Å². The van der Waals surface area contributed by atoms with Gasteiger partial charge in [-0.25, -0.2) is 0 Å². The van der Waals surface area contributed by atoms with E-state index in [4.69, 9.17) is 9.47 Å². The van der Waals surface area contributed by atoms with Crippen LogP contribution in [-0.4, -0.2) is 49.0 Å². The molecule has 0 aromatic heterocycles. The van der Waals surface area contributed by atoms with Gasteiger partial charge in [0.1, 0.15) is 5.60 Å². The molecule has 1 heterocycles. The fraction of sp³-hybridized carbons (Fsp3) is 1.00. The molecule has 1 aliphatic heterocycles. The van der Waals surface area contributed by atoms with Crippen LogP contribution in [0.4, 0.5) is 0 Å². The lowest BCUT2D eigenvalue weighted by Crippen LogP contribution is -2.50. The van der Waals surface area contributed by atoms with Gasteiger partial charge in [-0.05, 0) is 33.6 Å². The van der Waals surface area contributed by atoms with Gasteiger partial charge >= 0.3 is 0 Å². The Labute approximate surface area is 92.7 Å². The van der Waals surface area contributed by atoms with E-state index in [2.05, 4.69) is 25.7 Å². The maximum atomic E-state index is 5.79. The summed E-state index contributed by atoms with van der Waals surface area (Å²) in [5.74, 6) is 0. The van der Waals surface area contributed by atoms with Crippen LogP contribution >= 0.6 is 0 Å². The van der Waals surface area contributed by atoms with Gasteiger partial charge in [-0.2, -0.15) is 0 Å². The standard InChI is InChI=1S/C12H23NO2/c1-10(2)13-7-11(3,14-4)8-15-9-12(13)5-6-12/h10H,5-9H2,1-4H3. The molecule has 2 aliphatic rings. The summed E-state index contributed by atoms with van der Waals surface area (Å²) >= 11 is 0. The van der Waals surface area contributed by atoms with Crippen LogP contribution < -0.4 is 0 Å². The first-order valence-corrected chi connectivity index (χ1v) is 5.91. The van der Waals surface area contributed by atoms with Crippen molar-refractivity contribution in [2.75, 3.05) is 26.9 Å². The molecule has 0 bridgehead atoms. The number of hydrogen-bond acceptors (Lipinski definition) is 3. The summed E-state index contributed by atoms with van der Waals surface area (Å²) < 4.78 is 11.4. The van der Waals surface area contributed by atoms with E-state index in [1.165, 1.54) is 12.8 Å². The van der Waals surface area contributed by atoms with Crippen molar-refractivity contribution in [2.45, 2.75) is 50.8 Å². The Morgan fingerprint density at radius 1 is 1.27 bits per heavy atom. The Kier molecular flexibility index (Phi) is 2.82. The van der Waals surface area contributed by atoms with E-state index in [0.29, 0.717) is 18.2 Å². The first-order valence-electron chi connectivity index (χ1n) is 5.91. The highest BCUT2D eigenvalue weighted by molar-refractivity contribution is 5.07. The van der Waals surface area contributed by atoms with Gasteiger partial charge < -0.3 is 9.47 Å². The zero-order valence-electron chi connectivity index (χ0n) is 10.4. The second-order valence-electron chi connectivity index (χ2n) is 5.59. The second kappa shape index (κ2) is 3.72. The first kappa shape index (κ1) is 11.4. The molecule has 0 radical (unpaired) electrons. The van der Waals surface area contributed by atoms with Gasteiger partial charge in [-0.1, -0.05) is 0 Å². The van der Waals surface area contributed by atoms with Gasteiger partial charge in [0.2, 0.25) is 0 Å². The van der Waals surface area contributed by atoms with Crippen molar-refractivity contribution >= 4 is 0 Å². The lowest BCUT2D eigenvalue weighted by molar-refractivity contribution is -0.0573. The summed E-state index contributed by atoms with van der Waals surface area (Å²) in [7, 11) is 1.78. The smallest absolute Gasteiger partial charge is 0.101 e. The van der Waals surface area contributed by atoms with Crippen LogP contribution in [0, 0.1) is 0 Å². The summed E-state index contributed by atoms with van der Waals surface area (Å²) in [6.07, 6.45) is 2.57. The molecule has 88 valence electrons. The predicted octanol–water partition coefficient (Wildman–Crippen LogP) is 1.66. The topological polar surface area (TPSA) is 21.7 Å². The van der Waals surface area contributed by atoms with Crippen molar-refractivity contribution in [1.82, 2.24) is 4.90 Å². The fourth-order valence-corrected chi connectivity index (χ4v) is 2.54. The van der Waals surface area contributed by atoms with Gasteiger partial charge in [-0.15, -0.1) is 0 Å². The van der Waals surface area contributed by atoms with Crippen molar-refractivity contribution in [1.29, 1.82) is 0 Å². The van der Waals surface area contributed by atoms with Gasteiger partial charge in [-0.3, -0.25) is 4.90 Å². The molecule has 3 nitrogen and oxygen atoms in total. The Morgan fingerprint density at radius 3 is 2.40 bits per heavy atom. The molecule has 15 heavy (non-hydrogen) atoms. The van der Waals surface area contributed by atoms with Crippen molar-refractivity contribution in [2.24, 2.45) is 0 Å². The number of hydrogen-bond donors (Lipinski definition) is 0. The van der Waals surface area contributed by atoms with Crippen LogP contribution in [0.5, 0.6) is 0 Å². The Bertz CT molecular complexity index is 238. The van der Waals surface area contributed by atoms with Crippen molar-refractivity contribution < 1.29 is 9.47 Å². The lowest BCUT2D eigenvalue weighted by Gasteiger charge is -2.37. The monoisotopic (exact) mass is 213 g/mol. The maximum Gasteiger partial charge on any atom is 0.101 e. The zero-order chi connectivity index (χ0) is 11.1. The summed E-state index contributed by atoms with van der Waals surface area (Å²) in [6, 6.07) is 0.573. The highest BCUT2D eigenvalue weighted by atomic mass is 16.5. The third-order valence-corrected chi connectivity index (χ3v) is 3.84. The van der Waals surface area contributed by atoms with Crippen LogP contribution in [0.25, 0.3) is 0 Å².